The molecule has 9 nitrogen and oxygen atoms in total. The monoisotopic (exact) mass is 339 g/mol. The van der Waals surface area contributed by atoms with E-state index < -0.39 is 28.4 Å². The molecule has 1 aliphatic heterocycles. The topological polar surface area (TPSA) is 135 Å². The molecule has 0 fully saturated rings. The Labute approximate surface area is 139 Å². The van der Waals surface area contributed by atoms with Gasteiger partial charge in [0.15, 0.2) is 0 Å². The van der Waals surface area contributed by atoms with Gasteiger partial charge >= 0.3 is 0 Å². The van der Waals surface area contributed by atoms with E-state index in [4.69, 9.17) is 0 Å². The molecular weight excluding hydrogens is 330 g/mol. The predicted octanol–water partition coefficient (Wildman–Crippen LogP) is 1.30. The van der Waals surface area contributed by atoms with Crippen molar-refractivity contribution in [3.63, 3.8) is 0 Å². The summed E-state index contributed by atoms with van der Waals surface area (Å²) < 4.78 is 0. The fourth-order valence-electron chi connectivity index (χ4n) is 2.36. The Hall–Kier alpha value is -3.88. The normalized spacial score (nSPS) is 13.0. The molecule has 1 heterocycles. The van der Waals surface area contributed by atoms with E-state index in [1.165, 1.54) is 30.3 Å². The summed E-state index contributed by atoms with van der Waals surface area (Å²) in [6.07, 6.45) is 0. The van der Waals surface area contributed by atoms with Gasteiger partial charge in [0.1, 0.15) is 0 Å². The number of fused-ring (bicyclic) bond motifs is 1. The smallest absolute Gasteiger partial charge is 0.299 e. The third-order valence-electron chi connectivity index (χ3n) is 3.56. The molecule has 0 bridgehead atoms. The third kappa shape index (κ3) is 2.85. The van der Waals surface area contributed by atoms with Crippen LogP contribution in [0, 0.1) is 10.1 Å². The van der Waals surface area contributed by atoms with Gasteiger partial charge in [-0.15, -0.1) is 0 Å². The number of benzene rings is 2. The molecule has 0 saturated carbocycles. The summed E-state index contributed by atoms with van der Waals surface area (Å²) >= 11 is 0. The molecule has 124 valence electrons. The summed E-state index contributed by atoms with van der Waals surface area (Å²) in [4.78, 5) is 57.6. The Morgan fingerprint density at radius 2 is 1.68 bits per heavy atom. The molecule has 0 atom stereocenters. The van der Waals surface area contributed by atoms with Gasteiger partial charge in [0.2, 0.25) is 0 Å². The van der Waals surface area contributed by atoms with Crippen molar-refractivity contribution in [3.8, 4) is 0 Å². The highest BCUT2D eigenvalue weighted by atomic mass is 16.6. The highest BCUT2D eigenvalue weighted by Crippen LogP contribution is 2.24. The Morgan fingerprint density at radius 1 is 1.00 bits per heavy atom. The van der Waals surface area contributed by atoms with Gasteiger partial charge < -0.3 is 5.32 Å². The van der Waals surface area contributed by atoms with Gasteiger partial charge in [-0.2, -0.15) is 0 Å². The number of hydrogen-bond donors (Lipinski definition) is 2. The summed E-state index contributed by atoms with van der Waals surface area (Å²) in [6, 6.07) is 9.02. The Morgan fingerprint density at radius 3 is 2.32 bits per heavy atom. The highest BCUT2D eigenvalue weighted by molar-refractivity contribution is 6.50. The molecule has 0 spiro atoms. The number of hydrogen-bond acceptors (Lipinski definition) is 6. The van der Waals surface area contributed by atoms with Crippen LogP contribution in [0.3, 0.4) is 0 Å². The van der Waals surface area contributed by atoms with Crippen LogP contribution >= 0.6 is 0 Å². The molecule has 2 aromatic carbocycles. The van der Waals surface area contributed by atoms with E-state index >= 15 is 0 Å². The lowest BCUT2D eigenvalue weighted by atomic mass is 9.96. The minimum absolute atomic E-state index is 0.00838. The summed E-state index contributed by atoms with van der Waals surface area (Å²) in [7, 11) is 0. The predicted molar refractivity (Wildman–Crippen MR) is 84.3 cm³/mol. The number of nitrogens with one attached hydrogen (secondary N) is 2. The molecule has 3 rings (SSSR count). The van der Waals surface area contributed by atoms with Crippen molar-refractivity contribution >= 4 is 34.9 Å². The SMILES string of the molecule is O=C1NC(=O)c2cccc(NC(=O)c3ccc([N+](=O)[O-])cc3)c2C1=O. The van der Waals surface area contributed by atoms with Crippen LogP contribution in [0.2, 0.25) is 0 Å². The van der Waals surface area contributed by atoms with E-state index in [-0.39, 0.29) is 28.1 Å². The van der Waals surface area contributed by atoms with Gasteiger partial charge in [0.25, 0.3) is 29.2 Å². The molecule has 0 aliphatic carbocycles. The first-order valence-electron chi connectivity index (χ1n) is 6.97. The number of rotatable bonds is 3. The summed E-state index contributed by atoms with van der Waals surface area (Å²) in [5.41, 5.74) is -0.264. The first-order chi connectivity index (χ1) is 11.9. The first-order valence-corrected chi connectivity index (χ1v) is 6.97. The zero-order valence-corrected chi connectivity index (χ0v) is 12.4. The quantitative estimate of drug-likeness (QED) is 0.374. The van der Waals surface area contributed by atoms with Gasteiger partial charge in [0.05, 0.1) is 21.7 Å². The van der Waals surface area contributed by atoms with Crippen molar-refractivity contribution in [2.75, 3.05) is 5.32 Å². The molecule has 0 radical (unpaired) electrons. The molecule has 2 aromatic rings. The van der Waals surface area contributed by atoms with E-state index in [9.17, 15) is 29.3 Å². The molecule has 0 aromatic heterocycles. The molecule has 9 heteroatoms. The molecule has 3 amide bonds. The van der Waals surface area contributed by atoms with Crippen LogP contribution in [-0.4, -0.2) is 28.4 Å². The zero-order valence-electron chi connectivity index (χ0n) is 12.4. The van der Waals surface area contributed by atoms with Crippen LogP contribution in [-0.2, 0) is 4.79 Å². The number of imide groups is 1. The third-order valence-corrected chi connectivity index (χ3v) is 3.56. The van der Waals surface area contributed by atoms with Crippen molar-refractivity contribution in [1.82, 2.24) is 5.32 Å². The molecule has 0 unspecified atom stereocenters. The maximum absolute atomic E-state index is 12.3. The van der Waals surface area contributed by atoms with Gasteiger partial charge in [0, 0.05) is 17.7 Å². The number of carbonyl (C=O) groups excluding carboxylic acids is 4. The van der Waals surface area contributed by atoms with Crippen molar-refractivity contribution in [3.05, 3.63) is 69.3 Å². The van der Waals surface area contributed by atoms with Crippen molar-refractivity contribution in [1.29, 1.82) is 0 Å². The highest BCUT2D eigenvalue weighted by Gasteiger charge is 2.33. The number of Topliss-reactive ketones (excluding diaryl/α,β-unsaturated/α-hetero) is 1. The minimum atomic E-state index is -1.07. The Balaban J connectivity index is 1.93. The van der Waals surface area contributed by atoms with Crippen LogP contribution < -0.4 is 10.6 Å². The van der Waals surface area contributed by atoms with Crippen LogP contribution in [0.5, 0.6) is 0 Å². The average molecular weight is 339 g/mol. The summed E-state index contributed by atoms with van der Waals surface area (Å²) in [6.45, 7) is 0. The van der Waals surface area contributed by atoms with E-state index in [1.807, 2.05) is 5.32 Å². The molecular formula is C16H9N3O6. The van der Waals surface area contributed by atoms with Crippen LogP contribution in [0.1, 0.15) is 31.1 Å². The number of nitro groups is 1. The van der Waals surface area contributed by atoms with Gasteiger partial charge in [-0.25, -0.2) is 0 Å². The van der Waals surface area contributed by atoms with Gasteiger partial charge in [-0.1, -0.05) is 6.07 Å². The molecule has 1 aliphatic rings. The second-order valence-electron chi connectivity index (χ2n) is 5.10. The van der Waals surface area contributed by atoms with E-state index in [2.05, 4.69) is 5.32 Å². The van der Waals surface area contributed by atoms with Crippen LogP contribution in [0.15, 0.2) is 42.5 Å². The molecule has 2 N–H and O–H groups in total. The van der Waals surface area contributed by atoms with Gasteiger partial charge in [-0.3, -0.25) is 34.6 Å². The average Bonchev–Trinajstić information content (AvgIpc) is 2.59. The lowest BCUT2D eigenvalue weighted by Crippen LogP contribution is -2.42. The van der Waals surface area contributed by atoms with Gasteiger partial charge in [-0.05, 0) is 24.3 Å². The zero-order chi connectivity index (χ0) is 18.1. The van der Waals surface area contributed by atoms with E-state index in [0.29, 0.717) is 0 Å². The number of amides is 3. The largest absolute Gasteiger partial charge is 0.321 e. The van der Waals surface area contributed by atoms with Crippen LogP contribution in [0.4, 0.5) is 11.4 Å². The minimum Gasteiger partial charge on any atom is -0.321 e. The summed E-state index contributed by atoms with van der Waals surface area (Å²) in [5, 5.41) is 15.0. The number of carbonyl (C=O) groups is 4. The number of nitro benzene ring substituents is 1. The molecule has 25 heavy (non-hydrogen) atoms. The fraction of sp³-hybridized carbons (Fsp3) is 0. The first kappa shape index (κ1) is 16.0. The van der Waals surface area contributed by atoms with E-state index in [1.54, 1.807) is 0 Å². The number of nitrogens with zero attached hydrogens (tertiary/aromatic N) is 1. The number of anilines is 1. The molecule has 0 saturated heterocycles. The maximum atomic E-state index is 12.3. The number of non-ortho nitro benzene ring substituents is 1. The maximum Gasteiger partial charge on any atom is 0.299 e. The van der Waals surface area contributed by atoms with Crippen molar-refractivity contribution in [2.24, 2.45) is 0 Å². The second kappa shape index (κ2) is 5.96. The van der Waals surface area contributed by atoms with Crippen molar-refractivity contribution < 1.29 is 24.1 Å². The lowest BCUT2D eigenvalue weighted by Gasteiger charge is -2.17. The summed E-state index contributed by atoms with van der Waals surface area (Å²) in [5.74, 6) is -3.38. The van der Waals surface area contributed by atoms with E-state index in [0.717, 1.165) is 12.1 Å². The Kier molecular flexibility index (Phi) is 3.82. The second-order valence-corrected chi connectivity index (χ2v) is 5.10. The lowest BCUT2D eigenvalue weighted by molar-refractivity contribution is -0.384. The van der Waals surface area contributed by atoms with Crippen molar-refractivity contribution in [2.45, 2.75) is 0 Å². The van der Waals surface area contributed by atoms with Crippen LogP contribution in [0.25, 0.3) is 0 Å². The fourth-order valence-corrected chi connectivity index (χ4v) is 2.36. The Bertz CT molecular complexity index is 949. The number of ketones is 1. The standard InChI is InChI=1S/C16H9N3O6/c20-13-12-10(15(22)18-16(13)23)2-1-3-11(12)17-14(21)8-4-6-9(7-5-8)19(24)25/h1-7H,(H,17,21)(H,18,22,23).